The Kier molecular flexibility index (Phi) is 4.87. The van der Waals surface area contributed by atoms with Gasteiger partial charge in [-0.25, -0.2) is 14.2 Å². The van der Waals surface area contributed by atoms with Crippen LogP contribution in [0.15, 0.2) is 48.2 Å². The number of rotatable bonds is 4. The second-order valence-corrected chi connectivity index (χ2v) is 5.64. The SMILES string of the molecule is N#C/C(=C(/O)COC(=O)c1ccc(F)cc1Cl)c1nc2ccccc2[nH]1. The molecule has 0 aliphatic heterocycles. The lowest BCUT2D eigenvalue weighted by Crippen LogP contribution is -2.10. The summed E-state index contributed by atoms with van der Waals surface area (Å²) in [5.41, 5.74) is 1.11. The lowest BCUT2D eigenvalue weighted by molar-refractivity contribution is 0.0503. The van der Waals surface area contributed by atoms with Gasteiger partial charge >= 0.3 is 5.97 Å². The normalized spacial score (nSPS) is 11.7. The van der Waals surface area contributed by atoms with Gasteiger partial charge in [0, 0.05) is 0 Å². The molecule has 0 radical (unpaired) electrons. The first-order valence-electron chi connectivity index (χ1n) is 7.39. The van der Waals surface area contributed by atoms with E-state index >= 15 is 0 Å². The molecule has 0 saturated carbocycles. The third kappa shape index (κ3) is 3.50. The fourth-order valence-corrected chi connectivity index (χ4v) is 2.51. The van der Waals surface area contributed by atoms with Crippen LogP contribution in [0.5, 0.6) is 0 Å². The van der Waals surface area contributed by atoms with Gasteiger partial charge in [0.05, 0.1) is 21.6 Å². The summed E-state index contributed by atoms with van der Waals surface area (Å²) in [6, 6.07) is 12.1. The highest BCUT2D eigenvalue weighted by Crippen LogP contribution is 2.21. The Morgan fingerprint density at radius 1 is 1.35 bits per heavy atom. The molecule has 2 N–H and O–H groups in total. The number of halogens is 2. The predicted octanol–water partition coefficient (Wildman–Crippen LogP) is 4.01. The van der Waals surface area contributed by atoms with Crippen LogP contribution in [0.4, 0.5) is 4.39 Å². The van der Waals surface area contributed by atoms with Crippen molar-refractivity contribution >= 4 is 34.2 Å². The van der Waals surface area contributed by atoms with Crippen LogP contribution in [0.25, 0.3) is 16.6 Å². The number of aromatic amines is 1. The Hall–Kier alpha value is -3.37. The minimum atomic E-state index is -0.858. The highest BCUT2D eigenvalue weighted by atomic mass is 35.5. The standard InChI is InChI=1S/C18H11ClFN3O3/c19-13-7-10(20)5-6-11(13)18(25)26-9-16(24)12(8-21)17-22-14-3-1-2-4-15(14)23-17/h1-7,24H,9H2,(H,22,23)/b16-12-. The number of nitrogens with zero attached hydrogens (tertiary/aromatic N) is 2. The van der Waals surface area contributed by atoms with E-state index in [1.807, 2.05) is 6.07 Å². The largest absolute Gasteiger partial charge is 0.507 e. The molecule has 0 aliphatic carbocycles. The number of H-pyrrole nitrogens is 1. The predicted molar refractivity (Wildman–Crippen MR) is 92.9 cm³/mol. The number of carbonyl (C=O) groups excluding carboxylic acids is 1. The van der Waals surface area contributed by atoms with Crippen molar-refractivity contribution in [3.8, 4) is 6.07 Å². The second kappa shape index (κ2) is 7.25. The Morgan fingerprint density at radius 2 is 2.12 bits per heavy atom. The van der Waals surface area contributed by atoms with Gasteiger partial charge in [-0.05, 0) is 30.3 Å². The van der Waals surface area contributed by atoms with E-state index in [0.29, 0.717) is 11.0 Å². The Labute approximate surface area is 152 Å². The Bertz CT molecular complexity index is 1040. The van der Waals surface area contributed by atoms with Gasteiger partial charge in [0.1, 0.15) is 24.1 Å². The maximum Gasteiger partial charge on any atom is 0.340 e. The molecule has 0 fully saturated rings. The zero-order chi connectivity index (χ0) is 18.7. The van der Waals surface area contributed by atoms with E-state index in [9.17, 15) is 19.6 Å². The second-order valence-electron chi connectivity index (χ2n) is 5.24. The first-order chi connectivity index (χ1) is 12.5. The molecule has 0 bridgehead atoms. The van der Waals surface area contributed by atoms with Crippen LogP contribution in [-0.4, -0.2) is 27.7 Å². The molecule has 130 valence electrons. The molecule has 8 heteroatoms. The van der Waals surface area contributed by atoms with Crippen LogP contribution in [0.1, 0.15) is 16.2 Å². The molecule has 26 heavy (non-hydrogen) atoms. The summed E-state index contributed by atoms with van der Waals surface area (Å²) < 4.78 is 18.0. The molecule has 3 aromatic rings. The van der Waals surface area contributed by atoms with Crippen LogP contribution < -0.4 is 0 Å². The first kappa shape index (κ1) is 17.5. The molecule has 2 aromatic carbocycles. The minimum absolute atomic E-state index is 0.0527. The summed E-state index contributed by atoms with van der Waals surface area (Å²) in [6.45, 7) is -0.563. The Morgan fingerprint density at radius 3 is 2.81 bits per heavy atom. The fraction of sp³-hybridized carbons (Fsp3) is 0.0556. The molecule has 3 rings (SSSR count). The van der Waals surface area contributed by atoms with Crippen molar-refractivity contribution < 1.29 is 19.0 Å². The summed E-state index contributed by atoms with van der Waals surface area (Å²) in [6.07, 6.45) is 0. The van der Waals surface area contributed by atoms with Gasteiger partial charge in [0.2, 0.25) is 0 Å². The number of imidazole rings is 1. The van der Waals surface area contributed by atoms with Crippen LogP contribution in [-0.2, 0) is 4.74 Å². The van der Waals surface area contributed by atoms with Crippen LogP contribution in [0.3, 0.4) is 0 Å². The van der Waals surface area contributed by atoms with Crippen molar-refractivity contribution in [1.82, 2.24) is 9.97 Å². The number of ether oxygens (including phenoxy) is 1. The van der Waals surface area contributed by atoms with Gasteiger partial charge in [0.15, 0.2) is 11.6 Å². The quantitative estimate of drug-likeness (QED) is 0.410. The van der Waals surface area contributed by atoms with E-state index in [4.69, 9.17) is 16.3 Å². The molecule has 0 atom stereocenters. The topological polar surface area (TPSA) is 99.0 Å². The lowest BCUT2D eigenvalue weighted by Gasteiger charge is -2.07. The van der Waals surface area contributed by atoms with Gasteiger partial charge in [0.25, 0.3) is 0 Å². The van der Waals surface area contributed by atoms with Crippen LogP contribution in [0.2, 0.25) is 5.02 Å². The van der Waals surface area contributed by atoms with E-state index in [1.54, 1.807) is 24.3 Å². The first-order valence-corrected chi connectivity index (χ1v) is 7.77. The van der Waals surface area contributed by atoms with Gasteiger partial charge in [-0.3, -0.25) is 0 Å². The van der Waals surface area contributed by atoms with Crippen molar-refractivity contribution in [3.05, 3.63) is 70.5 Å². The number of carbonyl (C=O) groups is 1. The number of hydrogen-bond acceptors (Lipinski definition) is 5. The maximum absolute atomic E-state index is 13.0. The molecule has 0 saturated heterocycles. The molecule has 0 amide bonds. The van der Waals surface area contributed by atoms with E-state index in [1.165, 1.54) is 6.07 Å². The average molecular weight is 372 g/mol. The number of hydrogen-bond donors (Lipinski definition) is 2. The van der Waals surface area contributed by atoms with E-state index in [0.717, 1.165) is 12.1 Å². The molecule has 1 aromatic heterocycles. The summed E-state index contributed by atoms with van der Waals surface area (Å²) in [4.78, 5) is 19.1. The van der Waals surface area contributed by atoms with E-state index in [-0.39, 0.29) is 22.0 Å². The van der Waals surface area contributed by atoms with E-state index in [2.05, 4.69) is 9.97 Å². The number of aliphatic hydroxyl groups is 1. The number of nitrogens with one attached hydrogen (secondary N) is 1. The van der Waals surface area contributed by atoms with Crippen LogP contribution >= 0.6 is 11.6 Å². The zero-order valence-electron chi connectivity index (χ0n) is 13.2. The minimum Gasteiger partial charge on any atom is -0.507 e. The third-order valence-corrected chi connectivity index (χ3v) is 3.83. The molecular formula is C18H11ClFN3O3. The highest BCUT2D eigenvalue weighted by molar-refractivity contribution is 6.33. The lowest BCUT2D eigenvalue weighted by atomic mass is 10.2. The van der Waals surface area contributed by atoms with Crippen molar-refractivity contribution in [2.24, 2.45) is 0 Å². The molecule has 0 aliphatic rings. The molecule has 0 unspecified atom stereocenters. The third-order valence-electron chi connectivity index (χ3n) is 3.52. The van der Waals surface area contributed by atoms with Gasteiger partial charge in [-0.15, -0.1) is 0 Å². The molecular weight excluding hydrogens is 361 g/mol. The van der Waals surface area contributed by atoms with Gasteiger partial charge < -0.3 is 14.8 Å². The van der Waals surface area contributed by atoms with Crippen LogP contribution in [0, 0.1) is 17.1 Å². The van der Waals surface area contributed by atoms with Crippen molar-refractivity contribution in [2.75, 3.05) is 6.61 Å². The Balaban J connectivity index is 1.81. The van der Waals surface area contributed by atoms with Gasteiger partial charge in [-0.1, -0.05) is 23.7 Å². The average Bonchev–Trinajstić information content (AvgIpc) is 3.04. The number of esters is 1. The summed E-state index contributed by atoms with van der Waals surface area (Å²) in [5.74, 6) is -1.77. The number of aliphatic hydroxyl groups excluding tert-OH is 1. The number of fused-ring (bicyclic) bond motifs is 1. The molecule has 6 nitrogen and oxygen atoms in total. The summed E-state index contributed by atoms with van der Waals surface area (Å²) in [7, 11) is 0. The monoisotopic (exact) mass is 371 g/mol. The fourth-order valence-electron chi connectivity index (χ4n) is 2.26. The number of para-hydroxylation sites is 2. The molecule has 1 heterocycles. The van der Waals surface area contributed by atoms with Crippen molar-refractivity contribution in [2.45, 2.75) is 0 Å². The number of benzene rings is 2. The van der Waals surface area contributed by atoms with Gasteiger partial charge in [-0.2, -0.15) is 5.26 Å². The highest BCUT2D eigenvalue weighted by Gasteiger charge is 2.17. The summed E-state index contributed by atoms with van der Waals surface area (Å²) >= 11 is 5.79. The zero-order valence-corrected chi connectivity index (χ0v) is 13.9. The number of nitriles is 1. The molecule has 0 spiro atoms. The van der Waals surface area contributed by atoms with Crippen molar-refractivity contribution in [3.63, 3.8) is 0 Å². The van der Waals surface area contributed by atoms with E-state index < -0.39 is 24.2 Å². The van der Waals surface area contributed by atoms with Crippen molar-refractivity contribution in [1.29, 1.82) is 5.26 Å². The summed E-state index contributed by atoms with van der Waals surface area (Å²) in [5, 5.41) is 19.3. The number of allylic oxidation sites excluding steroid dienone is 1. The smallest absolute Gasteiger partial charge is 0.340 e. The number of aromatic nitrogens is 2. The maximum atomic E-state index is 13.0.